The Hall–Kier alpha value is -2.82. The molecule has 0 aliphatic heterocycles. The quantitative estimate of drug-likeness (QED) is 0.885. The number of rotatable bonds is 3. The molecule has 0 bridgehead atoms. The average Bonchev–Trinajstić information content (AvgIpc) is 2.40. The van der Waals surface area contributed by atoms with Crippen LogP contribution in [0.1, 0.15) is 10.4 Å². The summed E-state index contributed by atoms with van der Waals surface area (Å²) >= 11 is 0. The lowest BCUT2D eigenvalue weighted by atomic mass is 10.1. The fraction of sp³-hybridized carbons (Fsp3) is 0. The Balaban J connectivity index is 2.59. The highest BCUT2D eigenvalue weighted by Crippen LogP contribution is 2.28. The molecule has 2 amide bonds. The van der Waals surface area contributed by atoms with Gasteiger partial charge >= 0.3 is 12.0 Å². The highest BCUT2D eigenvalue weighted by atomic mass is 16.4. The van der Waals surface area contributed by atoms with Crippen molar-refractivity contribution in [3.63, 3.8) is 0 Å². The van der Waals surface area contributed by atoms with Gasteiger partial charge in [-0.25, -0.2) is 9.59 Å². The molecule has 0 aliphatic rings. The second-order valence-corrected chi connectivity index (χ2v) is 3.83. The number of aromatic carboxylic acids is 1. The molecule has 0 heterocycles. The van der Waals surface area contributed by atoms with E-state index >= 15 is 0 Å². The van der Waals surface area contributed by atoms with Crippen LogP contribution in [0.3, 0.4) is 0 Å². The van der Waals surface area contributed by atoms with Gasteiger partial charge in [-0.15, -0.1) is 0 Å². The number of hydrogen-bond acceptors (Lipinski definition) is 2. The number of primary amides is 1. The number of carbonyl (C=O) groups excluding carboxylic acids is 1. The number of amides is 2. The lowest BCUT2D eigenvalue weighted by Gasteiger charge is -2.22. The van der Waals surface area contributed by atoms with Gasteiger partial charge in [0.1, 0.15) is 0 Å². The summed E-state index contributed by atoms with van der Waals surface area (Å²) in [5.41, 5.74) is 6.14. The fourth-order valence-corrected chi connectivity index (χ4v) is 1.81. The lowest BCUT2D eigenvalue weighted by Crippen LogP contribution is -2.32. The minimum Gasteiger partial charge on any atom is -0.478 e. The summed E-state index contributed by atoms with van der Waals surface area (Å²) in [5.74, 6) is -1.11. The van der Waals surface area contributed by atoms with Crippen molar-refractivity contribution in [3.05, 3.63) is 60.2 Å². The molecular weight excluding hydrogens is 244 g/mol. The van der Waals surface area contributed by atoms with E-state index in [4.69, 9.17) is 10.8 Å². The van der Waals surface area contributed by atoms with E-state index in [9.17, 15) is 9.59 Å². The van der Waals surface area contributed by atoms with Gasteiger partial charge in [0, 0.05) is 0 Å². The monoisotopic (exact) mass is 256 g/mol. The molecular formula is C14H12N2O3. The number of carboxylic acids is 1. The number of nitrogens with zero attached hydrogens (tertiary/aromatic N) is 1. The molecule has 19 heavy (non-hydrogen) atoms. The molecule has 0 aliphatic carbocycles. The number of carbonyl (C=O) groups is 2. The first-order valence-electron chi connectivity index (χ1n) is 5.58. The minimum atomic E-state index is -1.11. The Labute approximate surface area is 109 Å². The molecule has 0 spiro atoms. The predicted molar refractivity (Wildman–Crippen MR) is 71.6 cm³/mol. The van der Waals surface area contributed by atoms with Gasteiger partial charge in [0.25, 0.3) is 0 Å². The van der Waals surface area contributed by atoms with Crippen LogP contribution in [-0.4, -0.2) is 17.1 Å². The Kier molecular flexibility index (Phi) is 3.47. The van der Waals surface area contributed by atoms with Gasteiger partial charge < -0.3 is 10.8 Å². The highest BCUT2D eigenvalue weighted by molar-refractivity contribution is 6.05. The van der Waals surface area contributed by atoms with Crippen LogP contribution >= 0.6 is 0 Å². The summed E-state index contributed by atoms with van der Waals surface area (Å²) in [7, 11) is 0. The summed E-state index contributed by atoms with van der Waals surface area (Å²) in [5, 5.41) is 9.16. The zero-order chi connectivity index (χ0) is 13.8. The Morgan fingerprint density at radius 2 is 1.53 bits per heavy atom. The first-order chi connectivity index (χ1) is 9.11. The van der Waals surface area contributed by atoms with Crippen molar-refractivity contribution in [1.82, 2.24) is 0 Å². The molecule has 2 rings (SSSR count). The molecule has 2 aromatic carbocycles. The van der Waals surface area contributed by atoms with Crippen molar-refractivity contribution in [2.24, 2.45) is 5.73 Å². The van der Waals surface area contributed by atoms with Crippen LogP contribution in [0, 0.1) is 0 Å². The first kappa shape index (κ1) is 12.6. The van der Waals surface area contributed by atoms with Crippen LogP contribution in [-0.2, 0) is 0 Å². The zero-order valence-electron chi connectivity index (χ0n) is 9.98. The molecule has 0 unspecified atom stereocenters. The number of carboxylic acid groups (broad SMARTS) is 1. The summed E-state index contributed by atoms with van der Waals surface area (Å²) in [6, 6.07) is 14.1. The van der Waals surface area contributed by atoms with Crippen molar-refractivity contribution in [1.29, 1.82) is 0 Å². The van der Waals surface area contributed by atoms with Crippen LogP contribution in [0.5, 0.6) is 0 Å². The van der Waals surface area contributed by atoms with E-state index in [-0.39, 0.29) is 11.3 Å². The third kappa shape index (κ3) is 2.55. The predicted octanol–water partition coefficient (Wildman–Crippen LogP) is 2.60. The van der Waals surface area contributed by atoms with Crippen molar-refractivity contribution in [2.75, 3.05) is 4.90 Å². The van der Waals surface area contributed by atoms with Gasteiger partial charge in [-0.2, -0.15) is 0 Å². The molecule has 0 saturated heterocycles. The maximum Gasteiger partial charge on any atom is 0.337 e. The third-order valence-corrected chi connectivity index (χ3v) is 2.61. The number of urea groups is 1. The molecule has 2 aromatic rings. The Morgan fingerprint density at radius 3 is 2.11 bits per heavy atom. The molecule has 3 N–H and O–H groups in total. The van der Waals surface area contributed by atoms with Crippen molar-refractivity contribution >= 4 is 23.4 Å². The number of nitrogens with two attached hydrogens (primary N) is 1. The van der Waals surface area contributed by atoms with Crippen LogP contribution in [0.2, 0.25) is 0 Å². The van der Waals surface area contributed by atoms with Gasteiger partial charge in [0.15, 0.2) is 0 Å². The van der Waals surface area contributed by atoms with Gasteiger partial charge in [0.05, 0.1) is 16.9 Å². The van der Waals surface area contributed by atoms with Crippen LogP contribution in [0.4, 0.5) is 16.2 Å². The zero-order valence-corrected chi connectivity index (χ0v) is 9.98. The van der Waals surface area contributed by atoms with Gasteiger partial charge in [-0.05, 0) is 24.3 Å². The number of anilines is 2. The van der Waals surface area contributed by atoms with E-state index in [1.807, 2.05) is 0 Å². The summed E-state index contributed by atoms with van der Waals surface area (Å²) in [6.07, 6.45) is 0. The topological polar surface area (TPSA) is 83.6 Å². The molecule has 0 aromatic heterocycles. The van der Waals surface area contributed by atoms with Crippen molar-refractivity contribution in [2.45, 2.75) is 0 Å². The van der Waals surface area contributed by atoms with Gasteiger partial charge in [-0.1, -0.05) is 30.3 Å². The largest absolute Gasteiger partial charge is 0.478 e. The second-order valence-electron chi connectivity index (χ2n) is 3.83. The Bertz CT molecular complexity index is 611. The van der Waals surface area contributed by atoms with E-state index < -0.39 is 12.0 Å². The molecule has 0 fully saturated rings. The molecule has 96 valence electrons. The molecule has 5 heteroatoms. The molecule has 5 nitrogen and oxygen atoms in total. The maximum atomic E-state index is 11.6. The van der Waals surface area contributed by atoms with Crippen LogP contribution in [0.15, 0.2) is 54.6 Å². The normalized spacial score (nSPS) is 9.89. The third-order valence-electron chi connectivity index (χ3n) is 2.61. The van der Waals surface area contributed by atoms with E-state index in [1.165, 1.54) is 11.0 Å². The lowest BCUT2D eigenvalue weighted by molar-refractivity contribution is 0.0698. The van der Waals surface area contributed by atoms with Gasteiger partial charge in [-0.3, -0.25) is 4.90 Å². The van der Waals surface area contributed by atoms with E-state index in [1.54, 1.807) is 48.5 Å². The van der Waals surface area contributed by atoms with Crippen molar-refractivity contribution < 1.29 is 14.7 Å². The van der Waals surface area contributed by atoms with E-state index in [0.29, 0.717) is 5.69 Å². The molecule has 0 saturated carbocycles. The smallest absolute Gasteiger partial charge is 0.337 e. The summed E-state index contributed by atoms with van der Waals surface area (Å²) in [4.78, 5) is 24.0. The number of benzene rings is 2. The van der Waals surface area contributed by atoms with Crippen LogP contribution in [0.25, 0.3) is 0 Å². The van der Waals surface area contributed by atoms with Crippen LogP contribution < -0.4 is 10.6 Å². The van der Waals surface area contributed by atoms with Gasteiger partial charge in [0.2, 0.25) is 0 Å². The SMILES string of the molecule is NC(=O)N(c1ccccc1)c1ccccc1C(=O)O. The fourth-order valence-electron chi connectivity index (χ4n) is 1.81. The minimum absolute atomic E-state index is 0.0187. The summed E-state index contributed by atoms with van der Waals surface area (Å²) < 4.78 is 0. The summed E-state index contributed by atoms with van der Waals surface area (Å²) in [6.45, 7) is 0. The van der Waals surface area contributed by atoms with E-state index in [0.717, 1.165) is 0 Å². The number of hydrogen-bond donors (Lipinski definition) is 2. The second kappa shape index (κ2) is 5.22. The highest BCUT2D eigenvalue weighted by Gasteiger charge is 2.20. The van der Waals surface area contributed by atoms with Crippen molar-refractivity contribution in [3.8, 4) is 0 Å². The van der Waals surface area contributed by atoms with E-state index in [2.05, 4.69) is 0 Å². The molecule has 0 atom stereocenters. The molecule has 0 radical (unpaired) electrons. The first-order valence-corrected chi connectivity index (χ1v) is 5.58. The average molecular weight is 256 g/mol. The number of para-hydroxylation sites is 2. The maximum absolute atomic E-state index is 11.6. The standard InChI is InChI=1S/C14H12N2O3/c15-14(19)16(10-6-2-1-3-7-10)12-9-5-4-8-11(12)13(17)18/h1-9H,(H2,15,19)(H,17,18). The Morgan fingerprint density at radius 1 is 0.947 bits per heavy atom.